The normalized spacial score (nSPS) is 11.2. The lowest BCUT2D eigenvalue weighted by atomic mass is 10.2. The van der Waals surface area contributed by atoms with Crippen LogP contribution in [0.2, 0.25) is 5.02 Å². The van der Waals surface area contributed by atoms with E-state index in [0.717, 1.165) is 12.1 Å². The highest BCUT2D eigenvalue weighted by molar-refractivity contribution is 7.80. The Morgan fingerprint density at radius 2 is 1.86 bits per heavy atom. The molecule has 1 aromatic carbocycles. The lowest BCUT2D eigenvalue weighted by Crippen LogP contribution is -2.15. The van der Waals surface area contributed by atoms with Crippen LogP contribution in [0.15, 0.2) is 36.4 Å². The minimum Gasteiger partial charge on any atom is -0.437 e. The van der Waals surface area contributed by atoms with Gasteiger partial charge in [-0.3, -0.25) is 0 Å². The number of hydrogen-bond acceptors (Lipinski definition) is 3. The average molecular weight is 333 g/mol. The molecule has 0 saturated heterocycles. The summed E-state index contributed by atoms with van der Waals surface area (Å²) >= 11 is 10.7. The molecule has 0 unspecified atom stereocenters. The van der Waals surface area contributed by atoms with Crippen molar-refractivity contribution in [3.8, 4) is 11.6 Å². The zero-order valence-corrected chi connectivity index (χ0v) is 11.9. The maximum absolute atomic E-state index is 12.7. The molecule has 1 heterocycles. The minimum absolute atomic E-state index is 0.0953. The number of hydrogen-bond donors (Lipinski definition) is 1. The predicted octanol–water partition coefficient (Wildman–Crippen LogP) is 4.18. The molecule has 0 atom stereocenters. The van der Waals surface area contributed by atoms with Gasteiger partial charge < -0.3 is 10.5 Å². The van der Waals surface area contributed by atoms with Gasteiger partial charge in [0.15, 0.2) is 0 Å². The Bertz CT molecular complexity index is 691. The van der Waals surface area contributed by atoms with Gasteiger partial charge in [0, 0.05) is 0 Å². The Kier molecular flexibility index (Phi) is 4.34. The topological polar surface area (TPSA) is 48.1 Å². The van der Waals surface area contributed by atoms with Gasteiger partial charge in [0.25, 0.3) is 0 Å². The predicted molar refractivity (Wildman–Crippen MR) is 76.7 cm³/mol. The Morgan fingerprint density at radius 1 is 1.19 bits per heavy atom. The Hall–Kier alpha value is -1.86. The fourth-order valence-electron chi connectivity index (χ4n) is 1.50. The van der Waals surface area contributed by atoms with Crippen molar-refractivity contribution in [1.82, 2.24) is 4.98 Å². The van der Waals surface area contributed by atoms with Crippen LogP contribution >= 0.6 is 23.8 Å². The van der Waals surface area contributed by atoms with E-state index in [9.17, 15) is 13.2 Å². The largest absolute Gasteiger partial charge is 0.437 e. The zero-order valence-electron chi connectivity index (χ0n) is 10.3. The molecule has 110 valence electrons. The van der Waals surface area contributed by atoms with Crippen molar-refractivity contribution in [2.45, 2.75) is 6.18 Å². The fraction of sp³-hybridized carbons (Fsp3) is 0.0769. The standard InChI is InChI=1S/C13H8ClF3N2OS/c14-8-3-1-2-4-9(8)20-12-7(11(18)21)5-6-10(19-12)13(15,16)17/h1-6H,(H2,18,21). The summed E-state index contributed by atoms with van der Waals surface area (Å²) < 4.78 is 43.5. The zero-order chi connectivity index (χ0) is 15.6. The maximum Gasteiger partial charge on any atom is 0.433 e. The Balaban J connectivity index is 2.49. The van der Waals surface area contributed by atoms with Gasteiger partial charge in [-0.1, -0.05) is 36.0 Å². The van der Waals surface area contributed by atoms with E-state index in [-0.39, 0.29) is 27.2 Å². The molecule has 3 nitrogen and oxygen atoms in total. The van der Waals surface area contributed by atoms with Crippen molar-refractivity contribution in [1.29, 1.82) is 0 Å². The SMILES string of the molecule is NC(=S)c1ccc(C(F)(F)F)nc1Oc1ccccc1Cl. The second-order valence-corrected chi connectivity index (χ2v) is 4.79. The van der Waals surface area contributed by atoms with Gasteiger partial charge in [-0.2, -0.15) is 13.2 Å². The third-order valence-corrected chi connectivity index (χ3v) is 2.99. The highest BCUT2D eigenvalue weighted by Gasteiger charge is 2.33. The average Bonchev–Trinajstić information content (AvgIpc) is 2.40. The van der Waals surface area contributed by atoms with Crippen LogP contribution in [0, 0.1) is 0 Å². The summed E-state index contributed by atoms with van der Waals surface area (Å²) in [6, 6.07) is 8.20. The van der Waals surface area contributed by atoms with Crippen LogP contribution in [0.5, 0.6) is 11.6 Å². The van der Waals surface area contributed by atoms with Crippen molar-refractivity contribution in [3.63, 3.8) is 0 Å². The van der Waals surface area contributed by atoms with E-state index in [4.69, 9.17) is 34.3 Å². The number of thiocarbonyl (C=S) groups is 1. The first kappa shape index (κ1) is 15.5. The summed E-state index contributed by atoms with van der Waals surface area (Å²) in [6.07, 6.45) is -4.60. The molecule has 2 N–H and O–H groups in total. The van der Waals surface area contributed by atoms with Crippen LogP contribution in [-0.4, -0.2) is 9.97 Å². The van der Waals surface area contributed by atoms with Gasteiger partial charge in [0.1, 0.15) is 16.4 Å². The van der Waals surface area contributed by atoms with E-state index < -0.39 is 11.9 Å². The summed E-state index contributed by atoms with van der Waals surface area (Å²) in [5.41, 5.74) is 4.45. The van der Waals surface area contributed by atoms with E-state index in [1.54, 1.807) is 12.1 Å². The quantitative estimate of drug-likeness (QED) is 0.857. The van der Waals surface area contributed by atoms with Crippen molar-refractivity contribution in [2.24, 2.45) is 5.73 Å². The Morgan fingerprint density at radius 3 is 2.43 bits per heavy atom. The van der Waals surface area contributed by atoms with Crippen LogP contribution in [-0.2, 0) is 6.18 Å². The second kappa shape index (κ2) is 5.87. The third-order valence-electron chi connectivity index (χ3n) is 2.46. The van der Waals surface area contributed by atoms with E-state index in [2.05, 4.69) is 4.98 Å². The van der Waals surface area contributed by atoms with Crippen LogP contribution < -0.4 is 10.5 Å². The van der Waals surface area contributed by atoms with Gasteiger partial charge in [0.2, 0.25) is 5.88 Å². The summed E-state index contributed by atoms with van der Waals surface area (Å²) in [6.45, 7) is 0. The number of rotatable bonds is 3. The van der Waals surface area contributed by atoms with Gasteiger partial charge in [-0.25, -0.2) is 4.98 Å². The molecule has 0 aliphatic heterocycles. The fourth-order valence-corrected chi connectivity index (χ4v) is 1.82. The number of nitrogens with two attached hydrogens (primary N) is 1. The molecule has 0 spiro atoms. The molecule has 0 aliphatic rings. The molecular formula is C13H8ClF3N2OS. The van der Waals surface area contributed by atoms with E-state index in [1.807, 2.05) is 0 Å². The number of halogens is 4. The van der Waals surface area contributed by atoms with Crippen molar-refractivity contribution >= 4 is 28.8 Å². The van der Waals surface area contributed by atoms with Crippen LogP contribution in [0.1, 0.15) is 11.3 Å². The first-order chi connectivity index (χ1) is 9.79. The monoisotopic (exact) mass is 332 g/mol. The molecule has 2 aromatic rings. The number of nitrogens with zero attached hydrogens (tertiary/aromatic N) is 1. The molecule has 0 saturated carbocycles. The summed E-state index contributed by atoms with van der Waals surface area (Å²) in [5.74, 6) is -0.186. The highest BCUT2D eigenvalue weighted by Crippen LogP contribution is 2.33. The van der Waals surface area contributed by atoms with Gasteiger partial charge >= 0.3 is 6.18 Å². The molecule has 8 heteroatoms. The third kappa shape index (κ3) is 3.62. The summed E-state index contributed by atoms with van der Waals surface area (Å²) in [7, 11) is 0. The van der Waals surface area contributed by atoms with Gasteiger partial charge in [-0.15, -0.1) is 0 Å². The van der Waals surface area contributed by atoms with E-state index >= 15 is 0 Å². The van der Waals surface area contributed by atoms with Gasteiger partial charge in [-0.05, 0) is 24.3 Å². The lowest BCUT2D eigenvalue weighted by molar-refractivity contribution is -0.141. The number of pyridine rings is 1. The van der Waals surface area contributed by atoms with Gasteiger partial charge in [0.05, 0.1) is 10.6 Å². The maximum atomic E-state index is 12.7. The Labute approximate surface area is 128 Å². The van der Waals surface area contributed by atoms with Crippen LogP contribution in [0.3, 0.4) is 0 Å². The van der Waals surface area contributed by atoms with Crippen molar-refractivity contribution in [3.05, 3.63) is 52.7 Å². The smallest absolute Gasteiger partial charge is 0.433 e. The van der Waals surface area contributed by atoms with Crippen molar-refractivity contribution < 1.29 is 17.9 Å². The molecular weight excluding hydrogens is 325 g/mol. The second-order valence-electron chi connectivity index (χ2n) is 3.94. The van der Waals surface area contributed by atoms with Crippen molar-refractivity contribution in [2.75, 3.05) is 0 Å². The molecule has 0 bridgehead atoms. The molecule has 0 radical (unpaired) electrons. The number of ether oxygens (including phenoxy) is 1. The summed E-state index contributed by atoms with van der Waals surface area (Å²) in [4.78, 5) is 3.30. The molecule has 1 aromatic heterocycles. The number of alkyl halides is 3. The van der Waals surface area contributed by atoms with E-state index in [0.29, 0.717) is 0 Å². The number of benzene rings is 1. The highest BCUT2D eigenvalue weighted by atomic mass is 35.5. The number of aromatic nitrogens is 1. The van der Waals surface area contributed by atoms with Crippen LogP contribution in [0.25, 0.3) is 0 Å². The lowest BCUT2D eigenvalue weighted by Gasteiger charge is -2.13. The molecule has 0 aliphatic carbocycles. The minimum atomic E-state index is -4.60. The first-order valence-electron chi connectivity index (χ1n) is 5.59. The van der Waals surface area contributed by atoms with E-state index in [1.165, 1.54) is 12.1 Å². The molecule has 2 rings (SSSR count). The van der Waals surface area contributed by atoms with Crippen LogP contribution in [0.4, 0.5) is 13.2 Å². The molecule has 0 amide bonds. The first-order valence-corrected chi connectivity index (χ1v) is 6.38. The molecule has 21 heavy (non-hydrogen) atoms. The molecule has 0 fully saturated rings. The number of para-hydroxylation sites is 1. The summed E-state index contributed by atoms with van der Waals surface area (Å²) in [5, 5.41) is 0.227.